The van der Waals surface area contributed by atoms with E-state index < -0.39 is 31.1 Å². The predicted molar refractivity (Wildman–Crippen MR) is 84.7 cm³/mol. The van der Waals surface area contributed by atoms with E-state index in [0.29, 0.717) is 4.90 Å². The number of carbonyl (C=O) groups is 2. The number of rotatable bonds is 8. The predicted octanol–water partition coefficient (Wildman–Crippen LogP) is 2.28. The standard InChI is InChI=1S/C16H20F3NO6/c1-5-26-14(21)8-20(9-16(17,18)19)15(22)10-6-12(24-3)13(25-4)7-11(10)23-2/h6-7H,5,8-9H2,1-4H3. The lowest BCUT2D eigenvalue weighted by Crippen LogP contribution is -2.42. The Kier molecular flexibility index (Phi) is 7.54. The molecule has 0 aliphatic rings. The summed E-state index contributed by atoms with van der Waals surface area (Å²) in [5, 5.41) is 0. The smallest absolute Gasteiger partial charge is 0.406 e. The number of alkyl halides is 3. The van der Waals surface area contributed by atoms with E-state index in [4.69, 9.17) is 14.2 Å². The van der Waals surface area contributed by atoms with E-state index in [2.05, 4.69) is 4.74 Å². The Labute approximate surface area is 148 Å². The normalized spacial score (nSPS) is 10.9. The van der Waals surface area contributed by atoms with Crippen LogP contribution in [-0.2, 0) is 9.53 Å². The van der Waals surface area contributed by atoms with Gasteiger partial charge in [0.25, 0.3) is 5.91 Å². The summed E-state index contributed by atoms with van der Waals surface area (Å²) in [6.07, 6.45) is -4.70. The van der Waals surface area contributed by atoms with Crippen molar-refractivity contribution in [1.29, 1.82) is 0 Å². The monoisotopic (exact) mass is 379 g/mol. The van der Waals surface area contributed by atoms with Crippen LogP contribution in [0, 0.1) is 0 Å². The SMILES string of the molecule is CCOC(=O)CN(CC(F)(F)F)C(=O)c1cc(OC)c(OC)cc1OC. The van der Waals surface area contributed by atoms with E-state index in [1.165, 1.54) is 40.4 Å². The number of ether oxygens (including phenoxy) is 4. The van der Waals surface area contributed by atoms with Gasteiger partial charge in [0.1, 0.15) is 18.8 Å². The Morgan fingerprint density at radius 1 is 1.00 bits per heavy atom. The van der Waals surface area contributed by atoms with E-state index in [1.807, 2.05) is 0 Å². The third kappa shape index (κ3) is 5.71. The van der Waals surface area contributed by atoms with Gasteiger partial charge in [-0.05, 0) is 6.92 Å². The van der Waals surface area contributed by atoms with E-state index in [1.54, 1.807) is 0 Å². The maximum absolute atomic E-state index is 12.8. The fourth-order valence-corrected chi connectivity index (χ4v) is 2.15. The Bertz CT molecular complexity index is 648. The molecular weight excluding hydrogens is 359 g/mol. The van der Waals surface area contributed by atoms with E-state index >= 15 is 0 Å². The van der Waals surface area contributed by atoms with Crippen molar-refractivity contribution in [3.05, 3.63) is 17.7 Å². The molecule has 10 heteroatoms. The van der Waals surface area contributed by atoms with Crippen molar-refractivity contribution in [3.63, 3.8) is 0 Å². The molecule has 0 aliphatic carbocycles. The number of carbonyl (C=O) groups excluding carboxylic acids is 2. The number of benzene rings is 1. The van der Waals surface area contributed by atoms with Crippen molar-refractivity contribution in [2.45, 2.75) is 13.1 Å². The number of halogens is 3. The third-order valence-electron chi connectivity index (χ3n) is 3.22. The Morgan fingerprint density at radius 3 is 2.00 bits per heavy atom. The van der Waals surface area contributed by atoms with Crippen LogP contribution in [0.5, 0.6) is 17.2 Å². The second-order valence-electron chi connectivity index (χ2n) is 4.99. The average Bonchev–Trinajstić information content (AvgIpc) is 2.58. The first kappa shape index (κ1) is 21.4. The first-order valence-electron chi connectivity index (χ1n) is 7.48. The second-order valence-corrected chi connectivity index (χ2v) is 4.99. The zero-order valence-electron chi connectivity index (χ0n) is 14.8. The number of hydrogen-bond acceptors (Lipinski definition) is 6. The minimum atomic E-state index is -4.70. The lowest BCUT2D eigenvalue weighted by molar-refractivity contribution is -0.153. The molecule has 146 valence electrons. The number of esters is 1. The summed E-state index contributed by atoms with van der Waals surface area (Å²) in [6.45, 7) is -0.996. The molecule has 0 atom stereocenters. The molecule has 0 bridgehead atoms. The van der Waals surface area contributed by atoms with Crippen LogP contribution in [0.3, 0.4) is 0 Å². The first-order chi connectivity index (χ1) is 12.2. The highest BCUT2D eigenvalue weighted by molar-refractivity contribution is 5.99. The van der Waals surface area contributed by atoms with Crippen molar-refractivity contribution in [2.24, 2.45) is 0 Å². The van der Waals surface area contributed by atoms with Crippen molar-refractivity contribution >= 4 is 11.9 Å². The van der Waals surface area contributed by atoms with Crippen LogP contribution in [-0.4, -0.2) is 64.0 Å². The molecule has 0 aromatic heterocycles. The van der Waals surface area contributed by atoms with Gasteiger partial charge in [-0.15, -0.1) is 0 Å². The van der Waals surface area contributed by atoms with Crippen LogP contribution < -0.4 is 14.2 Å². The zero-order chi connectivity index (χ0) is 19.9. The Balaban J connectivity index is 3.29. The fourth-order valence-electron chi connectivity index (χ4n) is 2.15. The molecule has 26 heavy (non-hydrogen) atoms. The van der Waals surface area contributed by atoms with Crippen molar-refractivity contribution in [3.8, 4) is 17.2 Å². The van der Waals surface area contributed by atoms with Crippen LogP contribution >= 0.6 is 0 Å². The molecule has 0 radical (unpaired) electrons. The van der Waals surface area contributed by atoms with Gasteiger partial charge in [-0.3, -0.25) is 9.59 Å². The number of nitrogens with zero attached hydrogens (tertiary/aromatic N) is 1. The summed E-state index contributed by atoms with van der Waals surface area (Å²) in [7, 11) is 3.91. The minimum Gasteiger partial charge on any atom is -0.496 e. The van der Waals surface area contributed by atoms with E-state index in [9.17, 15) is 22.8 Å². The van der Waals surface area contributed by atoms with Crippen LogP contribution in [0.15, 0.2) is 12.1 Å². The molecule has 0 spiro atoms. The number of methoxy groups -OCH3 is 3. The highest BCUT2D eigenvalue weighted by atomic mass is 19.4. The van der Waals surface area contributed by atoms with Gasteiger partial charge in [0.15, 0.2) is 11.5 Å². The van der Waals surface area contributed by atoms with Crippen molar-refractivity contribution < 1.29 is 41.7 Å². The molecule has 0 aliphatic heterocycles. The van der Waals surface area contributed by atoms with Crippen molar-refractivity contribution in [2.75, 3.05) is 41.0 Å². The molecule has 1 rings (SSSR count). The maximum Gasteiger partial charge on any atom is 0.406 e. The highest BCUT2D eigenvalue weighted by Gasteiger charge is 2.35. The van der Waals surface area contributed by atoms with Gasteiger partial charge in [-0.1, -0.05) is 0 Å². The second kappa shape index (κ2) is 9.16. The fraction of sp³-hybridized carbons (Fsp3) is 0.500. The molecule has 0 unspecified atom stereocenters. The van der Waals surface area contributed by atoms with Crippen LogP contribution in [0.1, 0.15) is 17.3 Å². The van der Waals surface area contributed by atoms with Gasteiger partial charge >= 0.3 is 12.1 Å². The lowest BCUT2D eigenvalue weighted by atomic mass is 10.1. The maximum atomic E-state index is 12.8. The van der Waals surface area contributed by atoms with Gasteiger partial charge in [-0.2, -0.15) is 13.2 Å². The summed E-state index contributed by atoms with van der Waals surface area (Å²) < 4.78 is 58.4. The van der Waals surface area contributed by atoms with Gasteiger partial charge in [0, 0.05) is 12.1 Å². The largest absolute Gasteiger partial charge is 0.496 e. The molecule has 0 saturated carbocycles. The lowest BCUT2D eigenvalue weighted by Gasteiger charge is -2.24. The number of amides is 1. The highest BCUT2D eigenvalue weighted by Crippen LogP contribution is 2.35. The molecule has 0 fully saturated rings. The van der Waals surface area contributed by atoms with Gasteiger partial charge in [0.2, 0.25) is 0 Å². The number of hydrogen-bond donors (Lipinski definition) is 0. The summed E-state index contributed by atoms with van der Waals surface area (Å²) in [5.74, 6) is -1.69. The molecule has 7 nitrogen and oxygen atoms in total. The van der Waals surface area contributed by atoms with E-state index in [-0.39, 0.29) is 29.4 Å². The quantitative estimate of drug-likeness (QED) is 0.645. The van der Waals surface area contributed by atoms with Gasteiger partial charge in [-0.25, -0.2) is 0 Å². The summed E-state index contributed by atoms with van der Waals surface area (Å²) in [6, 6.07) is 2.50. The van der Waals surface area contributed by atoms with Gasteiger partial charge in [0.05, 0.1) is 33.5 Å². The first-order valence-corrected chi connectivity index (χ1v) is 7.48. The minimum absolute atomic E-state index is 0.0213. The van der Waals surface area contributed by atoms with E-state index in [0.717, 1.165) is 0 Å². The summed E-state index contributed by atoms with van der Waals surface area (Å²) in [5.41, 5.74) is -0.210. The summed E-state index contributed by atoms with van der Waals surface area (Å²) >= 11 is 0. The Hall–Kier alpha value is -2.65. The van der Waals surface area contributed by atoms with Crippen LogP contribution in [0.2, 0.25) is 0 Å². The molecule has 0 N–H and O–H groups in total. The molecule has 0 heterocycles. The molecule has 1 aromatic carbocycles. The molecule has 1 amide bonds. The van der Waals surface area contributed by atoms with Crippen LogP contribution in [0.4, 0.5) is 13.2 Å². The topological polar surface area (TPSA) is 74.3 Å². The zero-order valence-corrected chi connectivity index (χ0v) is 14.8. The summed E-state index contributed by atoms with van der Waals surface area (Å²) in [4.78, 5) is 24.6. The average molecular weight is 379 g/mol. The molecule has 1 aromatic rings. The molecular formula is C16H20F3NO6. The molecule has 0 saturated heterocycles. The third-order valence-corrected chi connectivity index (χ3v) is 3.22. The van der Waals surface area contributed by atoms with Crippen molar-refractivity contribution in [1.82, 2.24) is 4.90 Å². The Morgan fingerprint density at radius 2 is 1.54 bits per heavy atom. The van der Waals surface area contributed by atoms with Crippen LogP contribution in [0.25, 0.3) is 0 Å². The van der Waals surface area contributed by atoms with Gasteiger partial charge < -0.3 is 23.8 Å².